The van der Waals surface area contributed by atoms with Gasteiger partial charge in [-0.2, -0.15) is 0 Å². The topological polar surface area (TPSA) is 34.1 Å². The minimum Gasteiger partial charge on any atom is -0.489 e. The van der Waals surface area contributed by atoms with Gasteiger partial charge in [-0.05, 0) is 31.3 Å². The van der Waals surface area contributed by atoms with Crippen molar-refractivity contribution in [3.8, 4) is 5.75 Å². The number of aromatic nitrogens is 1. The van der Waals surface area contributed by atoms with E-state index in [2.05, 4.69) is 26.2 Å². The average molecular weight is 325 g/mol. The Bertz CT molecular complexity index is 563. The van der Waals surface area contributed by atoms with Gasteiger partial charge in [-0.25, -0.2) is 4.39 Å². The normalized spacial score (nSPS) is 10.5. The summed E-state index contributed by atoms with van der Waals surface area (Å²) in [5.74, 6) is 0.425. The summed E-state index contributed by atoms with van der Waals surface area (Å²) >= 11 is 3.43. The lowest BCUT2D eigenvalue weighted by Crippen LogP contribution is -2.07. The highest BCUT2D eigenvalue weighted by Crippen LogP contribution is 2.24. The molecule has 0 amide bonds. The zero-order valence-electron chi connectivity index (χ0n) is 10.5. The lowest BCUT2D eigenvalue weighted by Gasteiger charge is -2.11. The van der Waals surface area contributed by atoms with Crippen LogP contribution in [0.15, 0.2) is 41.1 Å². The van der Waals surface area contributed by atoms with Gasteiger partial charge in [0.05, 0.1) is 6.20 Å². The van der Waals surface area contributed by atoms with E-state index in [0.717, 1.165) is 15.8 Å². The SMILES string of the molecule is CNCc1cc(Br)ccc1OCc1cncc(F)c1. The molecule has 1 aromatic heterocycles. The van der Waals surface area contributed by atoms with Crippen molar-refractivity contribution < 1.29 is 9.13 Å². The molecule has 19 heavy (non-hydrogen) atoms. The molecule has 3 nitrogen and oxygen atoms in total. The Labute approximate surface area is 119 Å². The van der Waals surface area contributed by atoms with Crippen LogP contribution >= 0.6 is 15.9 Å². The van der Waals surface area contributed by atoms with Crippen molar-refractivity contribution in [2.75, 3.05) is 7.05 Å². The number of nitrogens with zero attached hydrogens (tertiary/aromatic N) is 1. The Morgan fingerprint density at radius 3 is 2.89 bits per heavy atom. The first kappa shape index (κ1) is 14.0. The molecule has 1 aromatic carbocycles. The van der Waals surface area contributed by atoms with Crippen molar-refractivity contribution in [3.05, 3.63) is 58.1 Å². The number of benzene rings is 1. The van der Waals surface area contributed by atoms with Crippen LogP contribution in [0.1, 0.15) is 11.1 Å². The smallest absolute Gasteiger partial charge is 0.141 e. The Morgan fingerprint density at radius 2 is 2.16 bits per heavy atom. The van der Waals surface area contributed by atoms with Crippen molar-refractivity contribution in [1.29, 1.82) is 0 Å². The largest absolute Gasteiger partial charge is 0.489 e. The summed E-state index contributed by atoms with van der Waals surface area (Å²) in [6.07, 6.45) is 2.77. The van der Waals surface area contributed by atoms with Crippen molar-refractivity contribution in [2.45, 2.75) is 13.2 Å². The Balaban J connectivity index is 2.10. The highest BCUT2D eigenvalue weighted by molar-refractivity contribution is 9.10. The van der Waals surface area contributed by atoms with Crippen LogP contribution < -0.4 is 10.1 Å². The van der Waals surface area contributed by atoms with E-state index in [1.807, 2.05) is 25.2 Å². The van der Waals surface area contributed by atoms with Gasteiger partial charge < -0.3 is 10.1 Å². The van der Waals surface area contributed by atoms with Gasteiger partial charge in [0.25, 0.3) is 0 Å². The summed E-state index contributed by atoms with van der Waals surface area (Å²) in [6.45, 7) is 0.999. The molecule has 100 valence electrons. The number of hydrogen-bond acceptors (Lipinski definition) is 3. The van der Waals surface area contributed by atoms with Crippen LogP contribution in [0.3, 0.4) is 0 Å². The quantitative estimate of drug-likeness (QED) is 0.916. The lowest BCUT2D eigenvalue weighted by atomic mass is 10.2. The highest BCUT2D eigenvalue weighted by atomic mass is 79.9. The van der Waals surface area contributed by atoms with Gasteiger partial charge in [-0.3, -0.25) is 4.98 Å². The van der Waals surface area contributed by atoms with Crippen molar-refractivity contribution in [1.82, 2.24) is 10.3 Å². The third-order valence-electron chi connectivity index (χ3n) is 2.55. The standard InChI is InChI=1S/C14H14BrFN2O/c1-17-7-11-5-12(15)2-3-14(11)19-9-10-4-13(16)8-18-6-10/h2-6,8,17H,7,9H2,1H3. The minimum absolute atomic E-state index is 0.295. The molecule has 0 saturated heterocycles. The van der Waals surface area contributed by atoms with E-state index >= 15 is 0 Å². The van der Waals surface area contributed by atoms with Gasteiger partial charge in [0.15, 0.2) is 0 Å². The third kappa shape index (κ3) is 4.01. The molecule has 0 aliphatic heterocycles. The van der Waals surface area contributed by atoms with E-state index in [0.29, 0.717) is 18.7 Å². The van der Waals surface area contributed by atoms with Crippen molar-refractivity contribution in [2.24, 2.45) is 0 Å². The van der Waals surface area contributed by atoms with Crippen LogP contribution in [-0.2, 0) is 13.2 Å². The highest BCUT2D eigenvalue weighted by Gasteiger charge is 2.05. The second-order valence-corrected chi connectivity index (χ2v) is 5.00. The summed E-state index contributed by atoms with van der Waals surface area (Å²) in [7, 11) is 1.88. The van der Waals surface area contributed by atoms with E-state index in [4.69, 9.17) is 4.74 Å². The first-order chi connectivity index (χ1) is 9.19. The fourth-order valence-corrected chi connectivity index (χ4v) is 2.12. The Kier molecular flexibility index (Phi) is 4.87. The van der Waals surface area contributed by atoms with Crippen LogP contribution in [-0.4, -0.2) is 12.0 Å². The summed E-state index contributed by atoms with van der Waals surface area (Å²) in [5, 5.41) is 3.09. The van der Waals surface area contributed by atoms with E-state index in [9.17, 15) is 4.39 Å². The van der Waals surface area contributed by atoms with Gasteiger partial charge >= 0.3 is 0 Å². The van der Waals surface area contributed by atoms with E-state index in [-0.39, 0.29) is 5.82 Å². The predicted octanol–water partition coefficient (Wildman–Crippen LogP) is 3.28. The lowest BCUT2D eigenvalue weighted by molar-refractivity contribution is 0.301. The summed E-state index contributed by atoms with van der Waals surface area (Å²) < 4.78 is 19.7. The molecule has 0 unspecified atom stereocenters. The molecule has 0 aliphatic carbocycles. The zero-order chi connectivity index (χ0) is 13.7. The molecule has 0 radical (unpaired) electrons. The minimum atomic E-state index is -0.354. The maximum atomic E-state index is 13.0. The maximum absolute atomic E-state index is 13.0. The molecule has 0 bridgehead atoms. The number of halogens is 2. The fourth-order valence-electron chi connectivity index (χ4n) is 1.71. The van der Waals surface area contributed by atoms with Gasteiger partial charge in [0.2, 0.25) is 0 Å². The third-order valence-corrected chi connectivity index (χ3v) is 3.04. The number of ether oxygens (including phenoxy) is 1. The van der Waals surface area contributed by atoms with Gasteiger partial charge in [0.1, 0.15) is 18.2 Å². The molecule has 0 atom stereocenters. The second-order valence-electron chi connectivity index (χ2n) is 4.08. The van der Waals surface area contributed by atoms with Crippen LogP contribution in [0.25, 0.3) is 0 Å². The summed E-state index contributed by atoms with van der Waals surface area (Å²) in [4.78, 5) is 3.79. The van der Waals surface area contributed by atoms with E-state index in [1.54, 1.807) is 6.20 Å². The van der Waals surface area contributed by atoms with Crippen LogP contribution in [0, 0.1) is 5.82 Å². The second kappa shape index (κ2) is 6.63. The van der Waals surface area contributed by atoms with E-state index in [1.165, 1.54) is 12.3 Å². The molecule has 0 aliphatic rings. The van der Waals surface area contributed by atoms with E-state index < -0.39 is 0 Å². The van der Waals surface area contributed by atoms with Crippen molar-refractivity contribution in [3.63, 3.8) is 0 Å². The molecule has 1 N–H and O–H groups in total. The first-order valence-corrected chi connectivity index (χ1v) is 6.63. The molecule has 5 heteroatoms. The Hall–Kier alpha value is -1.46. The first-order valence-electron chi connectivity index (χ1n) is 5.84. The monoisotopic (exact) mass is 324 g/mol. The predicted molar refractivity (Wildman–Crippen MR) is 75.4 cm³/mol. The molecular formula is C14H14BrFN2O. The zero-order valence-corrected chi connectivity index (χ0v) is 12.1. The molecule has 0 spiro atoms. The molecule has 1 heterocycles. The molecule has 0 fully saturated rings. The maximum Gasteiger partial charge on any atom is 0.141 e. The van der Waals surface area contributed by atoms with Crippen LogP contribution in [0.4, 0.5) is 4.39 Å². The molecular weight excluding hydrogens is 311 g/mol. The van der Waals surface area contributed by atoms with Crippen LogP contribution in [0.2, 0.25) is 0 Å². The van der Waals surface area contributed by atoms with Crippen LogP contribution in [0.5, 0.6) is 5.75 Å². The number of hydrogen-bond donors (Lipinski definition) is 1. The number of nitrogens with one attached hydrogen (secondary N) is 1. The number of pyridine rings is 1. The summed E-state index contributed by atoms with van der Waals surface area (Å²) in [6, 6.07) is 7.22. The average Bonchev–Trinajstić information content (AvgIpc) is 2.38. The molecule has 2 aromatic rings. The van der Waals surface area contributed by atoms with Gasteiger partial charge in [-0.1, -0.05) is 15.9 Å². The van der Waals surface area contributed by atoms with Gasteiger partial charge in [0, 0.05) is 28.3 Å². The van der Waals surface area contributed by atoms with Crippen molar-refractivity contribution >= 4 is 15.9 Å². The van der Waals surface area contributed by atoms with Gasteiger partial charge in [-0.15, -0.1) is 0 Å². The molecule has 2 rings (SSSR count). The Morgan fingerprint density at radius 1 is 1.32 bits per heavy atom. The summed E-state index contributed by atoms with van der Waals surface area (Å²) in [5.41, 5.74) is 1.75. The fraction of sp³-hybridized carbons (Fsp3) is 0.214. The molecule has 0 saturated carbocycles. The number of rotatable bonds is 5.